The third kappa shape index (κ3) is 2.92. The van der Waals surface area contributed by atoms with Crippen LogP contribution in [0.4, 0.5) is 10.5 Å². The molecule has 0 heterocycles. The van der Waals surface area contributed by atoms with Gasteiger partial charge in [0.2, 0.25) is 0 Å². The second-order valence-corrected chi connectivity index (χ2v) is 8.05. The van der Waals surface area contributed by atoms with Gasteiger partial charge in [-0.2, -0.15) is 0 Å². The molecular formula is C22H25NO2. The van der Waals surface area contributed by atoms with Gasteiger partial charge in [-0.05, 0) is 42.0 Å². The summed E-state index contributed by atoms with van der Waals surface area (Å²) in [5.74, 6) is 1.81. The molecule has 2 aliphatic rings. The summed E-state index contributed by atoms with van der Waals surface area (Å²) >= 11 is 0. The predicted octanol–water partition coefficient (Wildman–Crippen LogP) is 5.63. The lowest BCUT2D eigenvalue weighted by molar-refractivity contribution is 0.142. The van der Waals surface area contributed by atoms with E-state index in [1.807, 2.05) is 42.5 Å². The van der Waals surface area contributed by atoms with Gasteiger partial charge in [0.1, 0.15) is 0 Å². The highest BCUT2D eigenvalue weighted by molar-refractivity contribution is 6.00. The Labute approximate surface area is 149 Å². The molecule has 0 spiro atoms. The monoisotopic (exact) mass is 335 g/mol. The summed E-state index contributed by atoms with van der Waals surface area (Å²) in [6.07, 6.45) is 3.15. The summed E-state index contributed by atoms with van der Waals surface area (Å²) in [6, 6.07) is 13.9. The first kappa shape index (κ1) is 16.2. The van der Waals surface area contributed by atoms with E-state index in [1.165, 1.54) is 5.57 Å². The molecule has 3 heteroatoms. The van der Waals surface area contributed by atoms with E-state index in [0.29, 0.717) is 23.9 Å². The van der Waals surface area contributed by atoms with Gasteiger partial charge in [-0.1, -0.05) is 61.9 Å². The normalized spacial score (nSPS) is 26.5. The van der Waals surface area contributed by atoms with Crippen molar-refractivity contribution in [1.29, 1.82) is 0 Å². The number of hydrogen-bond acceptors (Lipinski definition) is 2. The molecule has 0 radical (unpaired) electrons. The van der Waals surface area contributed by atoms with E-state index < -0.39 is 0 Å². The van der Waals surface area contributed by atoms with Crippen molar-refractivity contribution in [2.75, 3.05) is 11.9 Å². The third-order valence-corrected chi connectivity index (χ3v) is 6.21. The molecule has 0 bridgehead atoms. The fourth-order valence-corrected chi connectivity index (χ4v) is 4.34. The van der Waals surface area contributed by atoms with Crippen LogP contribution in [0.5, 0.6) is 0 Å². The number of fused-ring (bicyclic) bond motifs is 2. The minimum Gasteiger partial charge on any atom is -0.449 e. The maximum Gasteiger partial charge on any atom is 0.411 e. The summed E-state index contributed by atoms with van der Waals surface area (Å²) < 4.78 is 5.55. The molecule has 0 aromatic heterocycles. The van der Waals surface area contributed by atoms with Crippen LogP contribution in [0.3, 0.4) is 0 Å². The number of amides is 1. The number of nitrogens with one attached hydrogen (secondary N) is 1. The lowest BCUT2D eigenvalue weighted by atomic mass is 9.89. The SMILES string of the molecule is CC1=C[C@@H]2[C@H](C[C@H]1COC(=O)Nc1cccc3ccccc13)C2(C)C. The average molecular weight is 335 g/mol. The molecule has 130 valence electrons. The zero-order valence-electron chi connectivity index (χ0n) is 15.1. The molecule has 1 N–H and O–H groups in total. The molecule has 4 rings (SSSR count). The van der Waals surface area contributed by atoms with E-state index in [4.69, 9.17) is 4.74 Å². The topological polar surface area (TPSA) is 38.3 Å². The lowest BCUT2D eigenvalue weighted by Crippen LogP contribution is -2.21. The van der Waals surface area contributed by atoms with Crippen molar-refractivity contribution in [3.05, 3.63) is 54.1 Å². The Morgan fingerprint density at radius 1 is 1.20 bits per heavy atom. The minimum atomic E-state index is -0.374. The molecule has 0 unspecified atom stereocenters. The van der Waals surface area contributed by atoms with E-state index in [2.05, 4.69) is 32.2 Å². The zero-order chi connectivity index (χ0) is 17.6. The molecule has 3 atom stereocenters. The molecule has 0 saturated heterocycles. The minimum absolute atomic E-state index is 0.348. The summed E-state index contributed by atoms with van der Waals surface area (Å²) in [6.45, 7) is 7.30. The number of rotatable bonds is 3. The number of benzene rings is 2. The molecule has 2 aromatic carbocycles. The average Bonchev–Trinajstić information content (AvgIpc) is 3.12. The number of carbonyl (C=O) groups excluding carboxylic acids is 1. The molecule has 1 saturated carbocycles. The Hall–Kier alpha value is -2.29. The maximum atomic E-state index is 12.3. The van der Waals surface area contributed by atoms with Crippen LogP contribution < -0.4 is 5.32 Å². The Balaban J connectivity index is 1.38. The van der Waals surface area contributed by atoms with Crippen molar-refractivity contribution in [3.63, 3.8) is 0 Å². The van der Waals surface area contributed by atoms with E-state index in [9.17, 15) is 4.79 Å². The van der Waals surface area contributed by atoms with Crippen LogP contribution >= 0.6 is 0 Å². The fraction of sp³-hybridized carbons (Fsp3) is 0.409. The second-order valence-electron chi connectivity index (χ2n) is 8.05. The highest BCUT2D eigenvalue weighted by Gasteiger charge is 2.58. The first-order chi connectivity index (χ1) is 12.0. The molecule has 2 aliphatic carbocycles. The van der Waals surface area contributed by atoms with Gasteiger partial charge in [0, 0.05) is 11.3 Å². The molecular weight excluding hydrogens is 310 g/mol. The first-order valence-electron chi connectivity index (χ1n) is 9.06. The van der Waals surface area contributed by atoms with Crippen molar-refractivity contribution in [3.8, 4) is 0 Å². The molecule has 25 heavy (non-hydrogen) atoms. The van der Waals surface area contributed by atoms with Crippen LogP contribution in [0.1, 0.15) is 27.2 Å². The van der Waals surface area contributed by atoms with Gasteiger partial charge >= 0.3 is 6.09 Å². The van der Waals surface area contributed by atoms with Crippen LogP contribution in [0.15, 0.2) is 54.1 Å². The molecule has 3 nitrogen and oxygen atoms in total. The van der Waals surface area contributed by atoms with Gasteiger partial charge in [0.05, 0.1) is 12.3 Å². The Morgan fingerprint density at radius 2 is 1.96 bits per heavy atom. The Kier molecular flexibility index (Phi) is 3.82. The third-order valence-electron chi connectivity index (χ3n) is 6.21. The van der Waals surface area contributed by atoms with Gasteiger partial charge in [-0.25, -0.2) is 4.79 Å². The number of ether oxygens (including phenoxy) is 1. The number of anilines is 1. The quantitative estimate of drug-likeness (QED) is 0.739. The van der Waals surface area contributed by atoms with Crippen molar-refractivity contribution in [2.24, 2.45) is 23.2 Å². The van der Waals surface area contributed by atoms with Gasteiger partial charge in [0.25, 0.3) is 0 Å². The molecule has 1 amide bonds. The second kappa shape index (κ2) is 5.91. The van der Waals surface area contributed by atoms with Gasteiger partial charge in [-0.15, -0.1) is 0 Å². The van der Waals surface area contributed by atoms with Crippen molar-refractivity contribution >= 4 is 22.6 Å². The lowest BCUT2D eigenvalue weighted by Gasteiger charge is -2.21. The smallest absolute Gasteiger partial charge is 0.411 e. The van der Waals surface area contributed by atoms with Crippen LogP contribution in [-0.4, -0.2) is 12.7 Å². The standard InChI is InChI=1S/C22H25NO2/c1-14-11-18-19(22(18,2)3)12-16(14)13-25-21(24)23-20-10-6-8-15-7-4-5-9-17(15)20/h4-11,16,18-19H,12-13H2,1-3H3,(H,23,24)/t16-,18+,19-/m0/s1. The van der Waals surface area contributed by atoms with E-state index in [0.717, 1.165) is 28.8 Å². The van der Waals surface area contributed by atoms with Crippen molar-refractivity contribution in [1.82, 2.24) is 0 Å². The van der Waals surface area contributed by atoms with Crippen molar-refractivity contribution < 1.29 is 9.53 Å². The summed E-state index contributed by atoms with van der Waals surface area (Å²) in [4.78, 5) is 12.3. The first-order valence-corrected chi connectivity index (χ1v) is 9.06. The fourth-order valence-electron chi connectivity index (χ4n) is 4.34. The summed E-state index contributed by atoms with van der Waals surface area (Å²) in [7, 11) is 0. The molecule has 0 aliphatic heterocycles. The van der Waals surface area contributed by atoms with Gasteiger partial charge in [0.15, 0.2) is 0 Å². The highest BCUT2D eigenvalue weighted by atomic mass is 16.5. The van der Waals surface area contributed by atoms with Crippen LogP contribution in [-0.2, 0) is 4.74 Å². The van der Waals surface area contributed by atoms with Crippen molar-refractivity contribution in [2.45, 2.75) is 27.2 Å². The highest BCUT2D eigenvalue weighted by Crippen LogP contribution is 2.64. The number of carbonyl (C=O) groups is 1. The van der Waals surface area contributed by atoms with E-state index >= 15 is 0 Å². The van der Waals surface area contributed by atoms with Gasteiger partial charge in [-0.3, -0.25) is 5.32 Å². The maximum absolute atomic E-state index is 12.3. The van der Waals surface area contributed by atoms with E-state index in [-0.39, 0.29) is 6.09 Å². The predicted molar refractivity (Wildman–Crippen MR) is 102 cm³/mol. The molecule has 1 fully saturated rings. The van der Waals surface area contributed by atoms with Crippen LogP contribution in [0, 0.1) is 23.2 Å². The van der Waals surface area contributed by atoms with Crippen LogP contribution in [0.25, 0.3) is 10.8 Å². The summed E-state index contributed by atoms with van der Waals surface area (Å²) in [5.41, 5.74) is 2.58. The van der Waals surface area contributed by atoms with E-state index in [1.54, 1.807) is 0 Å². The number of allylic oxidation sites excluding steroid dienone is 1. The Bertz CT molecular complexity index is 847. The Morgan fingerprint density at radius 3 is 2.80 bits per heavy atom. The number of hydrogen-bond donors (Lipinski definition) is 1. The van der Waals surface area contributed by atoms with Gasteiger partial charge < -0.3 is 4.74 Å². The zero-order valence-corrected chi connectivity index (χ0v) is 15.1. The molecule has 2 aromatic rings. The largest absolute Gasteiger partial charge is 0.449 e. The summed E-state index contributed by atoms with van der Waals surface area (Å²) in [5, 5.41) is 5.03. The van der Waals surface area contributed by atoms with Crippen LogP contribution in [0.2, 0.25) is 0 Å².